The molecule has 2 fully saturated rings. The molecule has 2 aliphatic rings. The molecule has 6 nitrogen and oxygen atoms in total. The van der Waals surface area contributed by atoms with Gasteiger partial charge >= 0.3 is 214 Å². The van der Waals surface area contributed by atoms with Crippen molar-refractivity contribution >= 4 is 24.3 Å². The van der Waals surface area contributed by atoms with Crippen molar-refractivity contribution in [1.82, 2.24) is 0 Å². The first-order valence-electron chi connectivity index (χ1n) is 16.0. The number of esters is 1. The fourth-order valence-electron chi connectivity index (χ4n) is 6.00. The Morgan fingerprint density at radius 1 is 0.974 bits per heavy atom. The minimum absolute atomic E-state index is 0.0263. The first-order chi connectivity index (χ1) is 19.0. The molecule has 2 saturated heterocycles. The van der Waals surface area contributed by atoms with Gasteiger partial charge in [-0.05, 0) is 6.42 Å². The average molecular weight is 658 g/mol. The third kappa shape index (κ3) is 13.3. The van der Waals surface area contributed by atoms with Gasteiger partial charge in [-0.1, -0.05) is 6.08 Å². The Hall–Kier alpha value is -0.571. The van der Waals surface area contributed by atoms with Gasteiger partial charge in [0.15, 0.2) is 0 Å². The molecule has 0 bridgehead atoms. The van der Waals surface area contributed by atoms with Gasteiger partial charge < -0.3 is 4.74 Å². The second kappa shape index (κ2) is 20.3. The summed E-state index contributed by atoms with van der Waals surface area (Å²) in [6, 6.07) is 0. The monoisotopic (exact) mass is 658 g/mol. The number of allylic oxidation sites excluding steroid dienone is 1. The quantitative estimate of drug-likeness (QED) is 0.0432. The Morgan fingerprint density at radius 2 is 1.59 bits per heavy atom. The van der Waals surface area contributed by atoms with Crippen molar-refractivity contribution in [2.45, 2.75) is 153 Å². The van der Waals surface area contributed by atoms with Gasteiger partial charge in [0.05, 0.1) is 0 Å². The molecule has 0 aliphatic carbocycles. The molecule has 0 aromatic rings. The topological polar surface area (TPSA) is 63.2 Å². The van der Waals surface area contributed by atoms with Crippen molar-refractivity contribution in [2.24, 2.45) is 0 Å². The molecular formula is C32H58O6Sn. The molecule has 0 radical (unpaired) electrons. The predicted octanol–water partition coefficient (Wildman–Crippen LogP) is 8.33. The molecule has 0 N–H and O–H groups in total. The van der Waals surface area contributed by atoms with Crippen LogP contribution in [0, 0.1) is 0 Å². The Morgan fingerprint density at radius 3 is 2.18 bits per heavy atom. The number of carbonyl (C=O) groups excluding carboxylic acids is 1. The maximum absolute atomic E-state index is 11.8. The van der Waals surface area contributed by atoms with E-state index in [1.807, 2.05) is 6.26 Å². The maximum atomic E-state index is 11.8. The summed E-state index contributed by atoms with van der Waals surface area (Å²) in [5.74, 6) is -0.337. The van der Waals surface area contributed by atoms with Gasteiger partial charge in [-0.15, -0.1) is 6.58 Å². The summed E-state index contributed by atoms with van der Waals surface area (Å²) in [6.07, 6.45) is 18.4. The molecule has 2 aliphatic heterocycles. The van der Waals surface area contributed by atoms with Crippen LogP contribution in [0.25, 0.3) is 0 Å². The standard InChI is InChI=1S/C20H31O6.3C4H9.Sn/c1-4-12-22-17-8-6-14-24-18(17)10-11-20(25-15(3)21)26-19-9-7-13-23-16(19)5-2;3*1-3-4-2;/h4-5,12,16-20H,1-2,6-11,13-14H2,3H3;3*1,3-4H2,2H3;/b12-4+;;;;/t16-,17-,18+,19+,20?;;;;/m0..../s1. The van der Waals surface area contributed by atoms with E-state index in [9.17, 15) is 4.79 Å². The molecule has 5 atom stereocenters. The van der Waals surface area contributed by atoms with Crippen molar-refractivity contribution in [3.05, 3.63) is 25.0 Å². The van der Waals surface area contributed by atoms with E-state index in [4.69, 9.17) is 23.7 Å². The molecule has 1 unspecified atom stereocenters. The summed E-state index contributed by atoms with van der Waals surface area (Å²) in [4.78, 5) is 11.8. The van der Waals surface area contributed by atoms with Crippen LogP contribution in [0.2, 0.25) is 17.7 Å². The van der Waals surface area contributed by atoms with Crippen molar-refractivity contribution in [3.8, 4) is 0 Å². The van der Waals surface area contributed by atoms with E-state index in [1.54, 1.807) is 6.08 Å². The summed E-state index contributed by atoms with van der Waals surface area (Å²) in [7, 11) is 0. The van der Waals surface area contributed by atoms with Crippen LogP contribution < -0.4 is 0 Å². The fraction of sp³-hybridized carbons (Fsp3) is 0.844. The Balaban J connectivity index is 1.96. The van der Waals surface area contributed by atoms with Crippen LogP contribution in [0.5, 0.6) is 0 Å². The number of hydrogen-bond acceptors (Lipinski definition) is 6. The van der Waals surface area contributed by atoms with Crippen LogP contribution in [0.4, 0.5) is 0 Å². The SMILES string of the molecule is C=C[C@@H]1OCCC[C@H]1OC(CC[C@H]1OCCC[C@@H]1O/C=C/[CH2][Sn]([CH2]CCC)([CH2]CCC)[CH2]CCC)OC(C)=O. The second-order valence-corrected chi connectivity index (χ2v) is 25.6. The van der Waals surface area contributed by atoms with E-state index >= 15 is 0 Å². The first kappa shape index (κ1) is 34.6. The third-order valence-corrected chi connectivity index (χ3v) is 23.6. The Labute approximate surface area is 243 Å². The van der Waals surface area contributed by atoms with Crippen molar-refractivity contribution < 1.29 is 28.5 Å². The fourth-order valence-corrected chi connectivity index (χ4v) is 21.0. The first-order valence-corrected chi connectivity index (χ1v) is 24.0. The number of unbranched alkanes of at least 4 members (excludes halogenated alkanes) is 3. The summed E-state index contributed by atoms with van der Waals surface area (Å²) in [5.41, 5.74) is 0. The van der Waals surface area contributed by atoms with Crippen molar-refractivity contribution in [2.75, 3.05) is 13.2 Å². The van der Waals surface area contributed by atoms with E-state index in [0.29, 0.717) is 13.0 Å². The van der Waals surface area contributed by atoms with Crippen molar-refractivity contribution in [3.63, 3.8) is 0 Å². The van der Waals surface area contributed by atoms with Crippen LogP contribution in [0.3, 0.4) is 0 Å². The number of ether oxygens (including phenoxy) is 5. The molecular weight excluding hydrogens is 599 g/mol. The molecule has 39 heavy (non-hydrogen) atoms. The summed E-state index contributed by atoms with van der Waals surface area (Å²) in [5, 5.41) is 0. The van der Waals surface area contributed by atoms with E-state index < -0.39 is 24.7 Å². The summed E-state index contributed by atoms with van der Waals surface area (Å²) < 4.78 is 35.9. The predicted molar refractivity (Wildman–Crippen MR) is 162 cm³/mol. The van der Waals surface area contributed by atoms with Crippen LogP contribution in [0.15, 0.2) is 25.0 Å². The zero-order chi connectivity index (χ0) is 28.3. The minimum atomic E-state index is -2.20. The van der Waals surface area contributed by atoms with Crippen molar-refractivity contribution in [1.29, 1.82) is 0 Å². The van der Waals surface area contributed by atoms with E-state index in [2.05, 4.69) is 33.4 Å². The number of rotatable bonds is 20. The number of carbonyl (C=O) groups is 1. The van der Waals surface area contributed by atoms with Gasteiger partial charge in [-0.25, -0.2) is 0 Å². The van der Waals surface area contributed by atoms with E-state index in [-0.39, 0.29) is 30.4 Å². The van der Waals surface area contributed by atoms with Crippen LogP contribution in [-0.4, -0.2) is 68.3 Å². The normalized spacial score (nSPS) is 24.9. The summed E-state index contributed by atoms with van der Waals surface area (Å²) in [6.45, 7) is 13.7. The Kier molecular flexibility index (Phi) is 18.1. The van der Waals surface area contributed by atoms with E-state index in [0.717, 1.165) is 38.7 Å². The molecule has 2 heterocycles. The Bertz CT molecular complexity index is 676. The van der Waals surface area contributed by atoms with Gasteiger partial charge in [-0.2, -0.15) is 0 Å². The van der Waals surface area contributed by atoms with Crippen LogP contribution in [-0.2, 0) is 28.5 Å². The van der Waals surface area contributed by atoms with Gasteiger partial charge in [0.1, 0.15) is 0 Å². The van der Waals surface area contributed by atoms with Gasteiger partial charge in [0.25, 0.3) is 0 Å². The van der Waals surface area contributed by atoms with Gasteiger partial charge in [0.2, 0.25) is 0 Å². The third-order valence-electron chi connectivity index (χ3n) is 8.31. The van der Waals surface area contributed by atoms with Gasteiger partial charge in [-0.3, -0.25) is 0 Å². The molecule has 0 aromatic carbocycles. The molecule has 7 heteroatoms. The van der Waals surface area contributed by atoms with Crippen LogP contribution in [0.1, 0.15) is 105 Å². The molecule has 0 amide bonds. The molecule has 0 spiro atoms. The summed E-state index contributed by atoms with van der Waals surface area (Å²) >= 11 is -2.20. The zero-order valence-corrected chi connectivity index (χ0v) is 28.4. The van der Waals surface area contributed by atoms with E-state index in [1.165, 1.54) is 63.2 Å². The average Bonchev–Trinajstić information content (AvgIpc) is 2.95. The van der Waals surface area contributed by atoms with Crippen LogP contribution >= 0.6 is 0 Å². The molecule has 0 aromatic heterocycles. The molecule has 226 valence electrons. The zero-order valence-electron chi connectivity index (χ0n) is 25.5. The molecule has 0 saturated carbocycles. The molecule has 2 rings (SSSR count). The second-order valence-electron chi connectivity index (χ2n) is 11.6. The van der Waals surface area contributed by atoms with Gasteiger partial charge in [0, 0.05) is 6.61 Å². The number of hydrogen-bond donors (Lipinski definition) is 0.